The van der Waals surface area contributed by atoms with E-state index in [1.807, 2.05) is 13.0 Å². The summed E-state index contributed by atoms with van der Waals surface area (Å²) in [6.07, 6.45) is 0.815. The first-order valence-corrected chi connectivity index (χ1v) is 8.12. The molecule has 1 heterocycles. The highest BCUT2D eigenvalue weighted by atomic mass is 16.5. The summed E-state index contributed by atoms with van der Waals surface area (Å²) >= 11 is 0. The summed E-state index contributed by atoms with van der Waals surface area (Å²) in [5.74, 6) is 0.903. The molecule has 2 aromatic carbocycles. The van der Waals surface area contributed by atoms with Gasteiger partial charge in [0.15, 0.2) is 11.5 Å². The molecule has 6 heteroatoms. The molecule has 0 saturated carbocycles. The molecule has 0 aliphatic carbocycles. The topological polar surface area (TPSA) is 76.7 Å². The van der Waals surface area contributed by atoms with Gasteiger partial charge in [0, 0.05) is 30.3 Å². The molecular formula is C19H20N2O4. The second-order valence-electron chi connectivity index (χ2n) is 5.88. The number of nitrogens with one attached hydrogen (secondary N) is 2. The number of benzene rings is 2. The Kier molecular flexibility index (Phi) is 4.88. The Labute approximate surface area is 146 Å². The third-order valence-electron chi connectivity index (χ3n) is 3.80. The van der Waals surface area contributed by atoms with E-state index in [9.17, 15) is 9.59 Å². The van der Waals surface area contributed by atoms with Gasteiger partial charge in [0.05, 0.1) is 13.2 Å². The summed E-state index contributed by atoms with van der Waals surface area (Å²) in [5, 5.41) is 5.54. The quantitative estimate of drug-likeness (QED) is 0.898. The Bertz CT molecular complexity index is 800. The maximum Gasteiger partial charge on any atom is 0.256 e. The Balaban J connectivity index is 1.77. The number of aryl methyl sites for hydroxylation is 1. The number of rotatable bonds is 3. The number of amides is 2. The fourth-order valence-corrected chi connectivity index (χ4v) is 2.59. The lowest BCUT2D eigenvalue weighted by Gasteiger charge is -2.13. The van der Waals surface area contributed by atoms with E-state index in [-0.39, 0.29) is 11.8 Å². The van der Waals surface area contributed by atoms with Gasteiger partial charge in [-0.05, 0) is 48.9 Å². The highest BCUT2D eigenvalue weighted by molar-refractivity contribution is 6.05. The molecular weight excluding hydrogens is 320 g/mol. The summed E-state index contributed by atoms with van der Waals surface area (Å²) in [6, 6.07) is 10.5. The number of anilines is 2. The molecule has 130 valence electrons. The average molecular weight is 340 g/mol. The van der Waals surface area contributed by atoms with Crippen LogP contribution in [0.1, 0.15) is 29.3 Å². The van der Waals surface area contributed by atoms with E-state index in [1.165, 1.54) is 6.92 Å². The van der Waals surface area contributed by atoms with E-state index >= 15 is 0 Å². The number of carbonyl (C=O) groups excluding carboxylic acids is 2. The molecule has 0 unspecified atom stereocenters. The molecule has 0 spiro atoms. The summed E-state index contributed by atoms with van der Waals surface area (Å²) in [5.41, 5.74) is 2.68. The fraction of sp³-hybridized carbons (Fsp3) is 0.263. The van der Waals surface area contributed by atoms with Crippen LogP contribution in [0.3, 0.4) is 0 Å². The summed E-state index contributed by atoms with van der Waals surface area (Å²) in [6.45, 7) is 4.49. The van der Waals surface area contributed by atoms with Crippen molar-refractivity contribution in [3.63, 3.8) is 0 Å². The molecule has 0 radical (unpaired) electrons. The SMILES string of the molecule is CC(=O)Nc1ccc(NC(=O)c2cc3c(cc2C)OCCCO3)cc1. The van der Waals surface area contributed by atoms with Crippen LogP contribution in [0.15, 0.2) is 36.4 Å². The second-order valence-corrected chi connectivity index (χ2v) is 5.88. The predicted octanol–water partition coefficient (Wildman–Crippen LogP) is 3.37. The van der Waals surface area contributed by atoms with Crippen molar-refractivity contribution in [3.05, 3.63) is 47.5 Å². The molecule has 0 fully saturated rings. The van der Waals surface area contributed by atoms with Gasteiger partial charge in [-0.15, -0.1) is 0 Å². The zero-order valence-corrected chi connectivity index (χ0v) is 14.2. The molecule has 1 aliphatic rings. The summed E-state index contributed by atoms with van der Waals surface area (Å²) in [7, 11) is 0. The van der Waals surface area contributed by atoms with Crippen LogP contribution in [0.5, 0.6) is 11.5 Å². The lowest BCUT2D eigenvalue weighted by Crippen LogP contribution is -2.14. The number of carbonyl (C=O) groups is 2. The van der Waals surface area contributed by atoms with Crippen molar-refractivity contribution in [1.82, 2.24) is 0 Å². The lowest BCUT2D eigenvalue weighted by atomic mass is 10.1. The number of ether oxygens (including phenoxy) is 2. The van der Waals surface area contributed by atoms with Gasteiger partial charge in [0.2, 0.25) is 5.91 Å². The monoisotopic (exact) mass is 340 g/mol. The van der Waals surface area contributed by atoms with E-state index in [1.54, 1.807) is 30.3 Å². The van der Waals surface area contributed by atoms with Gasteiger partial charge in [0.25, 0.3) is 5.91 Å². The predicted molar refractivity (Wildman–Crippen MR) is 95.5 cm³/mol. The zero-order chi connectivity index (χ0) is 17.8. The molecule has 2 aromatic rings. The van der Waals surface area contributed by atoms with Crippen LogP contribution < -0.4 is 20.1 Å². The van der Waals surface area contributed by atoms with Crippen LogP contribution in [-0.4, -0.2) is 25.0 Å². The first-order valence-electron chi connectivity index (χ1n) is 8.12. The first kappa shape index (κ1) is 16.8. The minimum atomic E-state index is -0.222. The fourth-order valence-electron chi connectivity index (χ4n) is 2.59. The van der Waals surface area contributed by atoms with Crippen LogP contribution in [0, 0.1) is 6.92 Å². The second kappa shape index (κ2) is 7.25. The normalized spacial score (nSPS) is 12.9. The maximum absolute atomic E-state index is 12.6. The Morgan fingerprint density at radius 2 is 1.48 bits per heavy atom. The third kappa shape index (κ3) is 4.09. The van der Waals surface area contributed by atoms with Gasteiger partial charge >= 0.3 is 0 Å². The number of hydrogen-bond acceptors (Lipinski definition) is 4. The molecule has 25 heavy (non-hydrogen) atoms. The smallest absolute Gasteiger partial charge is 0.256 e. The molecule has 1 aliphatic heterocycles. The van der Waals surface area contributed by atoms with Crippen molar-refractivity contribution < 1.29 is 19.1 Å². The van der Waals surface area contributed by atoms with Gasteiger partial charge in [-0.3, -0.25) is 9.59 Å². The standard InChI is InChI=1S/C19H20N2O4/c1-12-10-17-18(25-9-3-8-24-17)11-16(12)19(23)21-15-6-4-14(5-7-15)20-13(2)22/h4-7,10-11H,3,8-9H2,1-2H3,(H,20,22)(H,21,23). The molecule has 0 bridgehead atoms. The number of fused-ring (bicyclic) bond motifs is 1. The van der Waals surface area contributed by atoms with Crippen molar-refractivity contribution >= 4 is 23.2 Å². The van der Waals surface area contributed by atoms with Crippen LogP contribution in [-0.2, 0) is 4.79 Å². The van der Waals surface area contributed by atoms with Crippen molar-refractivity contribution in [1.29, 1.82) is 0 Å². The van der Waals surface area contributed by atoms with Crippen LogP contribution >= 0.6 is 0 Å². The van der Waals surface area contributed by atoms with Crippen molar-refractivity contribution in [2.75, 3.05) is 23.8 Å². The van der Waals surface area contributed by atoms with Crippen LogP contribution in [0.2, 0.25) is 0 Å². The number of hydrogen-bond donors (Lipinski definition) is 2. The highest BCUT2D eigenvalue weighted by Crippen LogP contribution is 2.33. The van der Waals surface area contributed by atoms with E-state index < -0.39 is 0 Å². The third-order valence-corrected chi connectivity index (χ3v) is 3.80. The summed E-state index contributed by atoms with van der Waals surface area (Å²) < 4.78 is 11.3. The molecule has 0 aromatic heterocycles. The first-order chi connectivity index (χ1) is 12.0. The minimum absolute atomic E-state index is 0.139. The zero-order valence-electron chi connectivity index (χ0n) is 14.2. The minimum Gasteiger partial charge on any atom is -0.490 e. The highest BCUT2D eigenvalue weighted by Gasteiger charge is 2.17. The summed E-state index contributed by atoms with van der Waals surface area (Å²) in [4.78, 5) is 23.6. The molecule has 0 atom stereocenters. The molecule has 3 rings (SSSR count). The van der Waals surface area contributed by atoms with Crippen molar-refractivity contribution in [3.8, 4) is 11.5 Å². The molecule has 2 amide bonds. The average Bonchev–Trinajstić information content (AvgIpc) is 2.80. The van der Waals surface area contributed by atoms with Gasteiger partial charge < -0.3 is 20.1 Å². The van der Waals surface area contributed by atoms with E-state index in [0.29, 0.717) is 41.7 Å². The van der Waals surface area contributed by atoms with Crippen molar-refractivity contribution in [2.24, 2.45) is 0 Å². The molecule has 0 saturated heterocycles. The van der Waals surface area contributed by atoms with E-state index in [4.69, 9.17) is 9.47 Å². The molecule has 6 nitrogen and oxygen atoms in total. The van der Waals surface area contributed by atoms with Crippen LogP contribution in [0.25, 0.3) is 0 Å². The Morgan fingerprint density at radius 3 is 2.08 bits per heavy atom. The Morgan fingerprint density at radius 1 is 0.920 bits per heavy atom. The maximum atomic E-state index is 12.6. The van der Waals surface area contributed by atoms with Crippen LogP contribution in [0.4, 0.5) is 11.4 Å². The van der Waals surface area contributed by atoms with Crippen molar-refractivity contribution in [2.45, 2.75) is 20.3 Å². The lowest BCUT2D eigenvalue weighted by molar-refractivity contribution is -0.114. The van der Waals surface area contributed by atoms with Gasteiger partial charge in [-0.2, -0.15) is 0 Å². The van der Waals surface area contributed by atoms with Gasteiger partial charge in [-0.25, -0.2) is 0 Å². The largest absolute Gasteiger partial charge is 0.490 e. The van der Waals surface area contributed by atoms with Gasteiger partial charge in [0.1, 0.15) is 0 Å². The van der Waals surface area contributed by atoms with Gasteiger partial charge in [-0.1, -0.05) is 0 Å². The van der Waals surface area contributed by atoms with E-state index in [2.05, 4.69) is 10.6 Å². The van der Waals surface area contributed by atoms with E-state index in [0.717, 1.165) is 12.0 Å². The Hall–Kier alpha value is -3.02. The molecule has 2 N–H and O–H groups in total.